The third kappa shape index (κ3) is 3.98. The number of aliphatic imine (C=N–C) groups is 2. The number of nitrogens with one attached hydrogen (secondary N) is 1. The monoisotopic (exact) mass is 259 g/mol. The molecule has 1 aliphatic heterocycles. The third-order valence-electron chi connectivity index (χ3n) is 3.04. The van der Waals surface area contributed by atoms with E-state index < -0.39 is 0 Å². The Bertz CT molecular complexity index is 466. The van der Waals surface area contributed by atoms with Crippen LogP contribution in [0.2, 0.25) is 0 Å². The summed E-state index contributed by atoms with van der Waals surface area (Å²) in [5.41, 5.74) is 7.07. The van der Waals surface area contributed by atoms with Gasteiger partial charge in [0.2, 0.25) is 5.96 Å². The van der Waals surface area contributed by atoms with E-state index in [1.54, 1.807) is 0 Å². The number of benzene rings is 1. The van der Waals surface area contributed by atoms with Crippen LogP contribution < -0.4 is 11.1 Å². The van der Waals surface area contributed by atoms with E-state index >= 15 is 0 Å². The molecule has 19 heavy (non-hydrogen) atoms. The first-order valence-corrected chi connectivity index (χ1v) is 6.58. The van der Waals surface area contributed by atoms with Crippen molar-refractivity contribution < 1.29 is 0 Å². The second-order valence-corrected chi connectivity index (χ2v) is 4.73. The van der Waals surface area contributed by atoms with Crippen molar-refractivity contribution in [3.63, 3.8) is 0 Å². The number of hydrogen-bond acceptors (Lipinski definition) is 5. The minimum absolute atomic E-state index is 0.104. The minimum atomic E-state index is -0.104. The van der Waals surface area contributed by atoms with Gasteiger partial charge in [-0.25, -0.2) is 9.98 Å². The Morgan fingerprint density at radius 2 is 2.00 bits per heavy atom. The van der Waals surface area contributed by atoms with E-state index in [0.717, 1.165) is 25.3 Å². The Morgan fingerprint density at radius 3 is 2.68 bits per heavy atom. The van der Waals surface area contributed by atoms with Crippen molar-refractivity contribution in [2.75, 3.05) is 13.6 Å². The Labute approximate surface area is 114 Å². The summed E-state index contributed by atoms with van der Waals surface area (Å²) in [7, 11) is 2.02. The van der Waals surface area contributed by atoms with Crippen molar-refractivity contribution in [2.24, 2.45) is 15.7 Å². The average Bonchev–Trinajstić information content (AvgIpc) is 2.38. The van der Waals surface area contributed by atoms with Crippen LogP contribution in [0, 0.1) is 0 Å². The number of aryl methyl sites for hydroxylation is 1. The molecule has 1 aromatic carbocycles. The van der Waals surface area contributed by atoms with Gasteiger partial charge in [-0.15, -0.1) is 0 Å². The van der Waals surface area contributed by atoms with E-state index in [9.17, 15) is 0 Å². The summed E-state index contributed by atoms with van der Waals surface area (Å²) in [5.74, 6) is 1.24. The zero-order chi connectivity index (χ0) is 13.7. The molecular weight excluding hydrogens is 238 g/mol. The summed E-state index contributed by atoms with van der Waals surface area (Å²) in [4.78, 5) is 10.6. The Hall–Kier alpha value is -2.04. The smallest absolute Gasteiger partial charge is 0.202 e. The fourth-order valence-corrected chi connectivity index (χ4v) is 2.05. The second kappa shape index (κ2) is 6.22. The first-order valence-electron chi connectivity index (χ1n) is 6.58. The lowest BCUT2D eigenvalue weighted by Crippen LogP contribution is -2.48. The van der Waals surface area contributed by atoms with Gasteiger partial charge in [-0.2, -0.15) is 0 Å². The third-order valence-corrected chi connectivity index (χ3v) is 3.04. The molecule has 0 saturated carbocycles. The van der Waals surface area contributed by atoms with Crippen LogP contribution in [0.5, 0.6) is 0 Å². The number of hydrogen-bond donors (Lipinski definition) is 2. The summed E-state index contributed by atoms with van der Waals surface area (Å²) >= 11 is 0. The summed E-state index contributed by atoms with van der Waals surface area (Å²) in [6, 6.07) is 10.5. The van der Waals surface area contributed by atoms with Crippen LogP contribution in [0.4, 0.5) is 0 Å². The largest absolute Gasteiger partial charge is 0.370 e. The number of nitrogens with two attached hydrogens (primary N) is 1. The van der Waals surface area contributed by atoms with Gasteiger partial charge in [0.1, 0.15) is 6.17 Å². The number of nitrogens with zero attached hydrogens (tertiary/aromatic N) is 3. The highest BCUT2D eigenvalue weighted by Gasteiger charge is 2.14. The molecule has 2 rings (SSSR count). The first-order chi connectivity index (χ1) is 9.15. The Morgan fingerprint density at radius 1 is 1.26 bits per heavy atom. The highest BCUT2D eigenvalue weighted by molar-refractivity contribution is 5.99. The van der Waals surface area contributed by atoms with Gasteiger partial charge in [0.05, 0.1) is 0 Å². The van der Waals surface area contributed by atoms with Gasteiger partial charge in [-0.3, -0.25) is 5.32 Å². The Balaban J connectivity index is 1.80. The highest BCUT2D eigenvalue weighted by Crippen LogP contribution is 2.04. The molecule has 1 aromatic rings. The molecule has 1 unspecified atom stereocenters. The molecule has 0 saturated heterocycles. The molecule has 1 aliphatic rings. The average molecular weight is 259 g/mol. The van der Waals surface area contributed by atoms with Crippen LogP contribution in [-0.4, -0.2) is 36.6 Å². The van der Waals surface area contributed by atoms with Crippen LogP contribution in [-0.2, 0) is 6.42 Å². The summed E-state index contributed by atoms with van der Waals surface area (Å²) < 4.78 is 0. The molecule has 0 radical (unpaired) electrons. The maximum atomic E-state index is 5.70. The van der Waals surface area contributed by atoms with Gasteiger partial charge in [0, 0.05) is 13.6 Å². The van der Waals surface area contributed by atoms with Crippen LogP contribution in [0.1, 0.15) is 18.9 Å². The molecule has 0 bridgehead atoms. The van der Waals surface area contributed by atoms with E-state index in [0.29, 0.717) is 5.96 Å². The van der Waals surface area contributed by atoms with E-state index in [1.165, 1.54) is 5.56 Å². The van der Waals surface area contributed by atoms with Crippen LogP contribution in [0.3, 0.4) is 0 Å². The van der Waals surface area contributed by atoms with Crippen LogP contribution in [0.15, 0.2) is 40.3 Å². The van der Waals surface area contributed by atoms with Gasteiger partial charge >= 0.3 is 0 Å². The molecular formula is C14H21N5. The molecule has 0 aromatic heterocycles. The van der Waals surface area contributed by atoms with Crippen molar-refractivity contribution in [1.82, 2.24) is 10.2 Å². The normalized spacial score (nSPS) is 18.3. The predicted molar refractivity (Wildman–Crippen MR) is 79.0 cm³/mol. The lowest BCUT2D eigenvalue weighted by Gasteiger charge is -2.25. The SMILES string of the molecule is CC1N=C(N)NC(N(C)CCCc2ccccc2)=N1. The van der Waals surface area contributed by atoms with Crippen LogP contribution in [0.25, 0.3) is 0 Å². The molecule has 5 heteroatoms. The minimum Gasteiger partial charge on any atom is -0.370 e. The van der Waals surface area contributed by atoms with Gasteiger partial charge in [0.15, 0.2) is 5.96 Å². The van der Waals surface area contributed by atoms with Gasteiger partial charge in [0.25, 0.3) is 0 Å². The lowest BCUT2D eigenvalue weighted by atomic mass is 10.1. The maximum Gasteiger partial charge on any atom is 0.202 e. The molecule has 0 aliphatic carbocycles. The molecule has 0 amide bonds. The molecule has 3 N–H and O–H groups in total. The van der Waals surface area contributed by atoms with E-state index in [-0.39, 0.29) is 6.17 Å². The topological polar surface area (TPSA) is 66.0 Å². The van der Waals surface area contributed by atoms with Crippen LogP contribution >= 0.6 is 0 Å². The fourth-order valence-electron chi connectivity index (χ4n) is 2.05. The quantitative estimate of drug-likeness (QED) is 0.853. The van der Waals surface area contributed by atoms with Crippen molar-refractivity contribution in [3.8, 4) is 0 Å². The summed E-state index contributed by atoms with van der Waals surface area (Å²) in [6.07, 6.45) is 2.04. The van der Waals surface area contributed by atoms with E-state index in [2.05, 4.69) is 44.5 Å². The fraction of sp³-hybridized carbons (Fsp3) is 0.429. The first kappa shape index (κ1) is 13.4. The van der Waals surface area contributed by atoms with E-state index in [1.807, 2.05) is 20.0 Å². The van der Waals surface area contributed by atoms with Gasteiger partial charge in [-0.1, -0.05) is 30.3 Å². The molecule has 0 fully saturated rings. The number of guanidine groups is 2. The van der Waals surface area contributed by atoms with Crippen molar-refractivity contribution >= 4 is 11.9 Å². The Kier molecular flexibility index (Phi) is 4.39. The highest BCUT2D eigenvalue weighted by atomic mass is 15.4. The summed E-state index contributed by atoms with van der Waals surface area (Å²) in [6.45, 7) is 2.85. The maximum absolute atomic E-state index is 5.70. The van der Waals surface area contributed by atoms with Crippen molar-refractivity contribution in [3.05, 3.63) is 35.9 Å². The zero-order valence-electron chi connectivity index (χ0n) is 11.5. The number of rotatable bonds is 4. The summed E-state index contributed by atoms with van der Waals surface area (Å²) in [5, 5.41) is 3.00. The van der Waals surface area contributed by atoms with Crippen molar-refractivity contribution in [1.29, 1.82) is 0 Å². The second-order valence-electron chi connectivity index (χ2n) is 4.73. The molecule has 1 heterocycles. The standard InChI is InChI=1S/C14H21N5/c1-11-16-13(15)18-14(17-11)19(2)10-6-9-12-7-4-3-5-8-12/h3-5,7-8,11H,6,9-10H2,1-2H3,(H3,15,16,17,18). The van der Waals surface area contributed by atoms with Gasteiger partial charge in [-0.05, 0) is 25.3 Å². The van der Waals surface area contributed by atoms with Gasteiger partial charge < -0.3 is 10.6 Å². The van der Waals surface area contributed by atoms with Crippen molar-refractivity contribution in [2.45, 2.75) is 25.9 Å². The predicted octanol–water partition coefficient (Wildman–Crippen LogP) is 1.17. The lowest BCUT2D eigenvalue weighted by molar-refractivity contribution is 0.469. The molecule has 5 nitrogen and oxygen atoms in total. The molecule has 0 spiro atoms. The van der Waals surface area contributed by atoms with E-state index in [4.69, 9.17) is 5.73 Å². The molecule has 1 atom stereocenters. The zero-order valence-corrected chi connectivity index (χ0v) is 11.5. The molecule has 102 valence electrons.